The molecule has 0 saturated heterocycles. The second-order valence-electron chi connectivity index (χ2n) is 9.94. The quantitative estimate of drug-likeness (QED) is 0.446. The van der Waals surface area contributed by atoms with E-state index in [1.807, 2.05) is 36.4 Å². The van der Waals surface area contributed by atoms with Crippen LogP contribution < -0.4 is 18.9 Å². The average Bonchev–Trinajstić information content (AvgIpc) is 3.19. The van der Waals surface area contributed by atoms with Crippen LogP contribution in [0.3, 0.4) is 0 Å². The molecular formula is C29H25FO6. The van der Waals surface area contributed by atoms with E-state index in [4.69, 9.17) is 23.7 Å². The maximum Gasteiger partial charge on any atom is 0.309 e. The van der Waals surface area contributed by atoms with Gasteiger partial charge in [0.2, 0.25) is 0 Å². The summed E-state index contributed by atoms with van der Waals surface area (Å²) in [4.78, 5) is 12.0. The van der Waals surface area contributed by atoms with Crippen molar-refractivity contribution in [2.45, 2.75) is 37.2 Å². The summed E-state index contributed by atoms with van der Waals surface area (Å²) < 4.78 is 43.9. The van der Waals surface area contributed by atoms with Crippen LogP contribution >= 0.6 is 0 Å². The van der Waals surface area contributed by atoms with E-state index in [2.05, 4.69) is 0 Å². The predicted octanol–water partition coefficient (Wildman–Crippen LogP) is 5.44. The summed E-state index contributed by atoms with van der Waals surface area (Å²) in [7, 11) is 1.41. The van der Waals surface area contributed by atoms with E-state index in [1.54, 1.807) is 6.07 Å². The van der Waals surface area contributed by atoms with Crippen molar-refractivity contribution in [2.75, 3.05) is 20.3 Å². The predicted molar refractivity (Wildman–Crippen MR) is 128 cm³/mol. The zero-order valence-corrected chi connectivity index (χ0v) is 19.8. The van der Waals surface area contributed by atoms with Crippen LogP contribution in [0.2, 0.25) is 0 Å². The molecule has 3 aromatic rings. The highest BCUT2D eigenvalue weighted by atomic mass is 19.1. The Bertz CT molecular complexity index is 1400. The Hall–Kier alpha value is -3.74. The number of carbonyl (C=O) groups excluding carboxylic acids is 1. The lowest BCUT2D eigenvalue weighted by molar-refractivity contribution is -0.142. The minimum absolute atomic E-state index is 0.164. The van der Waals surface area contributed by atoms with Crippen molar-refractivity contribution >= 4 is 5.97 Å². The lowest BCUT2D eigenvalue weighted by atomic mass is 9.95. The first kappa shape index (κ1) is 21.5. The van der Waals surface area contributed by atoms with Gasteiger partial charge in [-0.05, 0) is 55.7 Å². The molecule has 4 aliphatic rings. The third-order valence-electron chi connectivity index (χ3n) is 7.94. The van der Waals surface area contributed by atoms with Crippen molar-refractivity contribution in [1.82, 2.24) is 0 Å². The number of fused-ring (bicyclic) bond motifs is 4. The summed E-state index contributed by atoms with van der Waals surface area (Å²) in [5.74, 6) is 2.94. The standard InChI is InChI=1S/C29H25FO6/c1-32-28(31)21-14-29(21)15-34-26-13-18(2-5-20(26)29)36-25-8-4-19-24(9-6-22(30)27(19)25)35-17-3-7-23-16(12-17)10-11-33-23/h2-3,5-7,9,12-13,21,25H,4,8,10-11,14-15H2,1H3/t21?,25-,29+/m1/s1. The summed E-state index contributed by atoms with van der Waals surface area (Å²) >= 11 is 0. The number of methoxy groups -OCH3 is 1. The first-order valence-corrected chi connectivity index (χ1v) is 12.3. The van der Waals surface area contributed by atoms with Crippen LogP contribution in [-0.2, 0) is 27.8 Å². The van der Waals surface area contributed by atoms with Crippen molar-refractivity contribution < 1.29 is 32.9 Å². The molecule has 2 aliphatic carbocycles. The maximum atomic E-state index is 15.0. The largest absolute Gasteiger partial charge is 0.493 e. The number of benzene rings is 3. The molecule has 1 spiro atoms. The molecule has 7 rings (SSSR count). The number of ether oxygens (including phenoxy) is 5. The number of hydrogen-bond acceptors (Lipinski definition) is 6. The maximum absolute atomic E-state index is 15.0. The molecule has 0 N–H and O–H groups in total. The highest BCUT2D eigenvalue weighted by Crippen LogP contribution is 2.61. The third-order valence-corrected chi connectivity index (χ3v) is 7.94. The van der Waals surface area contributed by atoms with Crippen LogP contribution in [0.5, 0.6) is 28.7 Å². The van der Waals surface area contributed by atoms with Crippen LogP contribution in [0.15, 0.2) is 48.5 Å². The van der Waals surface area contributed by atoms with E-state index in [0.717, 1.165) is 41.0 Å². The van der Waals surface area contributed by atoms with Crippen LogP contribution in [0, 0.1) is 11.7 Å². The van der Waals surface area contributed by atoms with Gasteiger partial charge in [0.25, 0.3) is 0 Å². The fraction of sp³-hybridized carbons (Fsp3) is 0.345. The highest BCUT2D eigenvalue weighted by molar-refractivity contribution is 5.80. The Morgan fingerprint density at radius 1 is 1.03 bits per heavy atom. The van der Waals surface area contributed by atoms with Gasteiger partial charge >= 0.3 is 5.97 Å². The number of rotatable bonds is 5. The summed E-state index contributed by atoms with van der Waals surface area (Å²) in [5.41, 5.74) is 3.23. The second-order valence-corrected chi connectivity index (χ2v) is 9.94. The molecule has 2 aliphatic heterocycles. The molecule has 0 amide bonds. The van der Waals surface area contributed by atoms with Gasteiger partial charge in [0.15, 0.2) is 0 Å². The van der Waals surface area contributed by atoms with Crippen molar-refractivity contribution in [3.8, 4) is 28.7 Å². The highest BCUT2D eigenvalue weighted by Gasteiger charge is 2.64. The molecular weight excluding hydrogens is 463 g/mol. The van der Waals surface area contributed by atoms with Gasteiger partial charge in [-0.2, -0.15) is 0 Å². The normalized spacial score (nSPS) is 24.4. The smallest absolute Gasteiger partial charge is 0.309 e. The summed E-state index contributed by atoms with van der Waals surface area (Å²) in [5, 5.41) is 0. The topological polar surface area (TPSA) is 63.2 Å². The lowest BCUT2D eigenvalue weighted by Crippen LogP contribution is -2.17. The molecule has 0 bridgehead atoms. The summed E-state index contributed by atoms with van der Waals surface area (Å²) in [6.45, 7) is 1.15. The van der Waals surface area contributed by atoms with Gasteiger partial charge in [0, 0.05) is 40.2 Å². The van der Waals surface area contributed by atoms with E-state index in [1.165, 1.54) is 13.2 Å². The molecule has 1 saturated carbocycles. The lowest BCUT2D eigenvalue weighted by Gasteiger charge is -2.17. The van der Waals surface area contributed by atoms with E-state index in [9.17, 15) is 4.79 Å². The zero-order valence-electron chi connectivity index (χ0n) is 19.8. The number of hydrogen-bond donors (Lipinski definition) is 0. The SMILES string of the molecule is COC(=O)C1C[C@@]12COc1cc(O[C@@H]3CCc4c(Oc5ccc6c(c5)CCO6)ccc(F)c43)ccc12. The van der Waals surface area contributed by atoms with Gasteiger partial charge in [-0.15, -0.1) is 0 Å². The van der Waals surface area contributed by atoms with Crippen molar-refractivity contribution in [3.63, 3.8) is 0 Å². The van der Waals surface area contributed by atoms with Gasteiger partial charge in [0.1, 0.15) is 40.7 Å². The van der Waals surface area contributed by atoms with Crippen LogP contribution in [0.4, 0.5) is 4.39 Å². The molecule has 0 radical (unpaired) electrons. The third kappa shape index (κ3) is 3.25. The monoisotopic (exact) mass is 488 g/mol. The van der Waals surface area contributed by atoms with Gasteiger partial charge < -0.3 is 23.7 Å². The van der Waals surface area contributed by atoms with Gasteiger partial charge in [-0.1, -0.05) is 6.07 Å². The molecule has 184 valence electrons. The molecule has 0 aromatic heterocycles. The van der Waals surface area contributed by atoms with Crippen molar-refractivity contribution in [2.24, 2.45) is 5.92 Å². The minimum atomic E-state index is -0.422. The molecule has 1 fully saturated rings. The molecule has 1 unspecified atom stereocenters. The van der Waals surface area contributed by atoms with Gasteiger partial charge in [0.05, 0.1) is 26.2 Å². The van der Waals surface area contributed by atoms with E-state index in [-0.39, 0.29) is 23.1 Å². The number of carbonyl (C=O) groups is 1. The average molecular weight is 489 g/mol. The molecule has 3 aromatic carbocycles. The van der Waals surface area contributed by atoms with Crippen LogP contribution in [0.25, 0.3) is 0 Å². The van der Waals surface area contributed by atoms with E-state index in [0.29, 0.717) is 48.9 Å². The first-order valence-electron chi connectivity index (χ1n) is 12.3. The Morgan fingerprint density at radius 2 is 1.92 bits per heavy atom. The number of halogens is 1. The Morgan fingerprint density at radius 3 is 2.81 bits per heavy atom. The summed E-state index contributed by atoms with van der Waals surface area (Å²) in [6.07, 6.45) is 2.48. The van der Waals surface area contributed by atoms with Gasteiger partial charge in [-0.3, -0.25) is 4.79 Å². The van der Waals surface area contributed by atoms with Crippen molar-refractivity contribution in [1.29, 1.82) is 0 Å². The Balaban J connectivity index is 1.12. The minimum Gasteiger partial charge on any atom is -0.493 e. The molecule has 7 heteroatoms. The molecule has 3 atom stereocenters. The molecule has 6 nitrogen and oxygen atoms in total. The fourth-order valence-electron chi connectivity index (χ4n) is 5.98. The second kappa shape index (κ2) is 7.88. The first-order chi connectivity index (χ1) is 17.6. The van der Waals surface area contributed by atoms with Gasteiger partial charge in [-0.25, -0.2) is 4.39 Å². The zero-order chi connectivity index (χ0) is 24.4. The van der Waals surface area contributed by atoms with Crippen molar-refractivity contribution in [3.05, 3.63) is 76.6 Å². The van der Waals surface area contributed by atoms with Crippen LogP contribution in [0.1, 0.15) is 41.2 Å². The molecule has 36 heavy (non-hydrogen) atoms. The fourth-order valence-corrected chi connectivity index (χ4v) is 5.98. The number of esters is 1. The van der Waals surface area contributed by atoms with E-state index >= 15 is 4.39 Å². The van der Waals surface area contributed by atoms with Crippen LogP contribution in [-0.4, -0.2) is 26.3 Å². The Kier molecular flexibility index (Phi) is 4.72. The van der Waals surface area contributed by atoms with E-state index < -0.39 is 6.10 Å². The molecule has 2 heterocycles. The summed E-state index contributed by atoms with van der Waals surface area (Å²) in [6, 6.07) is 14.6. The Labute approximate surface area is 207 Å².